The fourth-order valence-corrected chi connectivity index (χ4v) is 5.25. The molecule has 294 valence electrons. The molecule has 16 heteroatoms. The van der Waals surface area contributed by atoms with Gasteiger partial charge < -0.3 is 48.4 Å². The number of hydrogen-bond donors (Lipinski definition) is 9. The number of rotatable bonds is 31. The molecule has 0 unspecified atom stereocenters. The van der Waals surface area contributed by atoms with Gasteiger partial charge in [0.1, 0.15) is 18.1 Å². The van der Waals surface area contributed by atoms with Gasteiger partial charge in [0.25, 0.3) is 0 Å². The summed E-state index contributed by atoms with van der Waals surface area (Å²) in [5.74, 6) is -4.91. The summed E-state index contributed by atoms with van der Waals surface area (Å²) in [5.41, 5.74) is 22.1. The minimum atomic E-state index is -1.36. The van der Waals surface area contributed by atoms with Crippen molar-refractivity contribution in [3.05, 3.63) is 0 Å². The third-order valence-electron chi connectivity index (χ3n) is 8.30. The molecule has 1 amide bonds. The van der Waals surface area contributed by atoms with Gasteiger partial charge in [0.15, 0.2) is 11.9 Å². The topological polar surface area (TPSA) is 292 Å². The molecule has 13 N–H and O–H groups in total. The van der Waals surface area contributed by atoms with Crippen LogP contribution in [0.3, 0.4) is 0 Å². The lowest BCUT2D eigenvalue weighted by molar-refractivity contribution is -0.163. The molecule has 0 saturated heterocycles. The molecule has 0 heterocycles. The first kappa shape index (κ1) is 47.2. The predicted molar refractivity (Wildman–Crippen MR) is 197 cm³/mol. The van der Waals surface area contributed by atoms with Crippen LogP contribution in [0.25, 0.3) is 0 Å². The third-order valence-corrected chi connectivity index (χ3v) is 8.30. The monoisotopic (exact) mass is 726 g/mol. The maximum atomic E-state index is 12.9. The van der Waals surface area contributed by atoms with Crippen molar-refractivity contribution in [2.75, 3.05) is 13.1 Å². The van der Waals surface area contributed by atoms with Gasteiger partial charge in [0.05, 0.1) is 0 Å². The van der Waals surface area contributed by atoms with Gasteiger partial charge in [0.2, 0.25) is 5.91 Å². The standard InChI is InChI=1S/C35H67N9O7/c1-2-3-4-5-6-7-8-9-10-11-12-13-14-15-16-21-29(45)44-28(33(49)51-32(48)27(37)20-18-25-43-35(40)41)22-23-30(46)50-31(47)26(36)19-17-24-42-34(38)39/h26-28H,2-25,36-37H2,1H3,(H,44,45)(H4,38,39,42)(H4,40,41,43)/t26-,27-,28-/m1/s1. The summed E-state index contributed by atoms with van der Waals surface area (Å²) in [6.45, 7) is 2.84. The second kappa shape index (κ2) is 31.0. The minimum absolute atomic E-state index is 0.141. The van der Waals surface area contributed by atoms with Crippen LogP contribution in [0.2, 0.25) is 0 Å². The summed E-state index contributed by atoms with van der Waals surface area (Å²) in [7, 11) is 0. The highest BCUT2D eigenvalue weighted by Gasteiger charge is 2.28. The van der Waals surface area contributed by atoms with Crippen LogP contribution in [0.15, 0.2) is 0 Å². The van der Waals surface area contributed by atoms with Crippen molar-refractivity contribution in [2.24, 2.45) is 22.9 Å². The average Bonchev–Trinajstić information content (AvgIpc) is 3.08. The van der Waals surface area contributed by atoms with Gasteiger partial charge in [-0.05, 0) is 38.5 Å². The van der Waals surface area contributed by atoms with Gasteiger partial charge in [-0.15, -0.1) is 0 Å². The summed E-state index contributed by atoms with van der Waals surface area (Å²) in [6, 6.07) is -3.60. The van der Waals surface area contributed by atoms with E-state index in [-0.39, 0.29) is 37.6 Å². The maximum Gasteiger partial charge on any atom is 0.336 e. The van der Waals surface area contributed by atoms with Crippen molar-refractivity contribution in [3.8, 4) is 0 Å². The Morgan fingerprint density at radius 1 is 0.549 bits per heavy atom. The number of esters is 4. The first-order chi connectivity index (χ1) is 24.4. The summed E-state index contributed by atoms with van der Waals surface area (Å²) in [4.78, 5) is 62.8. The molecule has 0 aromatic rings. The Hall–Kier alpha value is -3.79. The second-order valence-electron chi connectivity index (χ2n) is 13.1. The van der Waals surface area contributed by atoms with Gasteiger partial charge >= 0.3 is 23.9 Å². The average molecular weight is 726 g/mol. The molecule has 0 aromatic heterocycles. The summed E-state index contributed by atoms with van der Waals surface area (Å²) in [5, 5.41) is 22.0. The van der Waals surface area contributed by atoms with Crippen LogP contribution in [0.1, 0.15) is 148 Å². The fourth-order valence-electron chi connectivity index (χ4n) is 5.25. The highest BCUT2D eigenvalue weighted by Crippen LogP contribution is 2.14. The Morgan fingerprint density at radius 3 is 1.39 bits per heavy atom. The number of ether oxygens (including phenoxy) is 2. The molecule has 0 rings (SSSR count). The van der Waals surface area contributed by atoms with Crippen molar-refractivity contribution >= 4 is 41.7 Å². The van der Waals surface area contributed by atoms with Crippen molar-refractivity contribution in [2.45, 2.75) is 166 Å². The number of guanidine groups is 2. The van der Waals surface area contributed by atoms with E-state index in [2.05, 4.69) is 22.9 Å². The lowest BCUT2D eigenvalue weighted by Crippen LogP contribution is -2.45. The number of carbonyl (C=O) groups is 5. The van der Waals surface area contributed by atoms with E-state index in [0.29, 0.717) is 32.4 Å². The van der Waals surface area contributed by atoms with Gasteiger partial charge in [0, 0.05) is 25.9 Å². The quantitative estimate of drug-likeness (QED) is 0.0164. The molecule has 0 fully saturated rings. The first-order valence-electron chi connectivity index (χ1n) is 18.8. The fraction of sp³-hybridized carbons (Fsp3) is 0.800. The van der Waals surface area contributed by atoms with E-state index >= 15 is 0 Å². The van der Waals surface area contributed by atoms with Crippen LogP contribution < -0.4 is 38.9 Å². The highest BCUT2D eigenvalue weighted by molar-refractivity contribution is 5.93. The van der Waals surface area contributed by atoms with Crippen LogP contribution in [0.5, 0.6) is 0 Å². The van der Waals surface area contributed by atoms with E-state index in [9.17, 15) is 24.0 Å². The van der Waals surface area contributed by atoms with Crippen LogP contribution in [0.4, 0.5) is 0 Å². The van der Waals surface area contributed by atoms with Gasteiger partial charge in [-0.1, -0.05) is 96.8 Å². The first-order valence-corrected chi connectivity index (χ1v) is 18.8. The Bertz CT molecular complexity index is 1050. The maximum absolute atomic E-state index is 12.9. The highest BCUT2D eigenvalue weighted by atomic mass is 16.6. The molecule has 16 nitrogen and oxygen atoms in total. The second-order valence-corrected chi connectivity index (χ2v) is 13.1. The molecule has 0 aromatic carbocycles. The number of carbonyl (C=O) groups excluding carboxylic acids is 5. The molecule has 0 aliphatic rings. The predicted octanol–water partition coefficient (Wildman–Crippen LogP) is 2.83. The zero-order valence-electron chi connectivity index (χ0n) is 30.9. The lowest BCUT2D eigenvalue weighted by atomic mass is 10.0. The minimum Gasteiger partial charge on any atom is -0.392 e. The van der Waals surface area contributed by atoms with E-state index < -0.39 is 54.3 Å². The van der Waals surface area contributed by atoms with E-state index in [1.165, 1.54) is 70.6 Å². The van der Waals surface area contributed by atoms with Crippen molar-refractivity contribution < 1.29 is 33.4 Å². The summed E-state index contributed by atoms with van der Waals surface area (Å²) >= 11 is 0. The van der Waals surface area contributed by atoms with E-state index in [4.69, 9.17) is 43.2 Å². The number of amides is 1. The normalized spacial score (nSPS) is 12.6. The van der Waals surface area contributed by atoms with E-state index in [0.717, 1.165) is 19.3 Å². The molecular weight excluding hydrogens is 658 g/mol. The summed E-state index contributed by atoms with van der Waals surface area (Å²) in [6.07, 6.45) is 18.3. The molecule has 51 heavy (non-hydrogen) atoms. The SMILES string of the molecule is CCCCCCCCCCCCCCCCCC(=O)N[C@H](CCC(=O)OC(=O)[C@H](N)CCCNC(=N)N)C(=O)OC(=O)[C@H](N)CCCNC(=N)N. The smallest absolute Gasteiger partial charge is 0.336 e. The Labute approximate surface area is 304 Å². The molecule has 0 saturated carbocycles. The van der Waals surface area contributed by atoms with Gasteiger partial charge in [-0.2, -0.15) is 0 Å². The van der Waals surface area contributed by atoms with E-state index in [1.807, 2.05) is 0 Å². The van der Waals surface area contributed by atoms with Crippen LogP contribution in [0, 0.1) is 10.8 Å². The molecule has 0 aliphatic heterocycles. The number of nitrogens with two attached hydrogens (primary N) is 4. The van der Waals surface area contributed by atoms with Crippen molar-refractivity contribution in [1.29, 1.82) is 10.8 Å². The molecule has 0 spiro atoms. The van der Waals surface area contributed by atoms with Crippen LogP contribution in [-0.2, 0) is 33.4 Å². The van der Waals surface area contributed by atoms with Gasteiger partial charge in [-0.25, -0.2) is 14.4 Å². The Kier molecular flexibility index (Phi) is 28.7. The van der Waals surface area contributed by atoms with Gasteiger partial charge in [-0.3, -0.25) is 20.4 Å². The van der Waals surface area contributed by atoms with Crippen LogP contribution >= 0.6 is 0 Å². The van der Waals surface area contributed by atoms with Crippen LogP contribution in [-0.4, -0.2) is 72.9 Å². The Balaban J connectivity index is 4.73. The Morgan fingerprint density at radius 2 is 0.961 bits per heavy atom. The van der Waals surface area contributed by atoms with Crippen molar-refractivity contribution in [3.63, 3.8) is 0 Å². The molecule has 0 aliphatic carbocycles. The zero-order valence-corrected chi connectivity index (χ0v) is 30.9. The molecule has 0 bridgehead atoms. The van der Waals surface area contributed by atoms with Crippen molar-refractivity contribution in [1.82, 2.24) is 16.0 Å². The zero-order chi connectivity index (χ0) is 38.3. The van der Waals surface area contributed by atoms with E-state index in [1.54, 1.807) is 0 Å². The summed E-state index contributed by atoms with van der Waals surface area (Å²) < 4.78 is 9.74. The number of hydrogen-bond acceptors (Lipinski definition) is 11. The molecular formula is C35H67N9O7. The molecule has 0 radical (unpaired) electrons. The number of nitrogens with one attached hydrogen (secondary N) is 5. The largest absolute Gasteiger partial charge is 0.392 e. The third kappa shape index (κ3) is 28.6. The lowest BCUT2D eigenvalue weighted by Gasteiger charge is -2.18. The molecule has 3 atom stereocenters. The number of unbranched alkanes of at least 4 members (excludes halogenated alkanes) is 14.